The van der Waals surface area contributed by atoms with Gasteiger partial charge in [0.25, 0.3) is 0 Å². The highest BCUT2D eigenvalue weighted by Crippen LogP contribution is 2.35. The van der Waals surface area contributed by atoms with Crippen LogP contribution in [0.2, 0.25) is 5.02 Å². The van der Waals surface area contributed by atoms with E-state index in [0.29, 0.717) is 13.2 Å². The van der Waals surface area contributed by atoms with Gasteiger partial charge in [-0.05, 0) is 25.2 Å². The minimum Gasteiger partial charge on any atom is -0.491 e. The monoisotopic (exact) mass is 289 g/mol. The van der Waals surface area contributed by atoms with Crippen molar-refractivity contribution >= 4 is 11.6 Å². The van der Waals surface area contributed by atoms with Crippen molar-refractivity contribution in [3.8, 4) is 11.5 Å². The highest BCUT2D eigenvalue weighted by molar-refractivity contribution is 6.31. The van der Waals surface area contributed by atoms with E-state index in [2.05, 4.69) is 5.32 Å². The number of benzene rings is 2. The zero-order valence-corrected chi connectivity index (χ0v) is 12.0. The molecule has 0 aliphatic carbocycles. The van der Waals surface area contributed by atoms with Gasteiger partial charge in [-0.15, -0.1) is 0 Å². The van der Waals surface area contributed by atoms with Crippen molar-refractivity contribution in [2.45, 2.75) is 12.6 Å². The number of hydrogen-bond donors (Lipinski definition) is 1. The molecule has 3 nitrogen and oxygen atoms in total. The van der Waals surface area contributed by atoms with E-state index < -0.39 is 0 Å². The molecule has 2 aromatic rings. The number of nitrogens with one attached hydrogen (secondary N) is 1. The predicted octanol–water partition coefficient (Wildman–Crippen LogP) is 3.57. The average molecular weight is 290 g/mol. The zero-order chi connectivity index (χ0) is 13.9. The Hall–Kier alpha value is -1.71. The van der Waals surface area contributed by atoms with Gasteiger partial charge in [0.2, 0.25) is 0 Å². The minimum absolute atomic E-state index is 0.266. The summed E-state index contributed by atoms with van der Waals surface area (Å²) < 4.78 is 11.4. The molecule has 1 aliphatic rings. The van der Waals surface area contributed by atoms with Gasteiger partial charge in [-0.25, -0.2) is 0 Å². The molecule has 104 valence electrons. The molecule has 0 amide bonds. The van der Waals surface area contributed by atoms with Gasteiger partial charge in [0.15, 0.2) is 0 Å². The molecule has 1 aliphatic heterocycles. The summed E-state index contributed by atoms with van der Waals surface area (Å²) in [4.78, 5) is 0. The standard InChI is InChI=1S/C16H16ClNO2/c1-18-15-10-20-16-8-12(6-7-13(15)16)19-9-11-4-2-3-5-14(11)17/h2-8,15,18H,9-10H2,1H3. The first-order chi connectivity index (χ1) is 9.78. The quantitative estimate of drug-likeness (QED) is 0.933. The SMILES string of the molecule is CNC1COc2cc(OCc3ccccc3Cl)ccc21. The molecule has 1 N–H and O–H groups in total. The van der Waals surface area contributed by atoms with Crippen molar-refractivity contribution in [3.63, 3.8) is 0 Å². The Kier molecular flexibility index (Phi) is 3.81. The highest BCUT2D eigenvalue weighted by Gasteiger charge is 2.22. The van der Waals surface area contributed by atoms with Crippen molar-refractivity contribution in [2.75, 3.05) is 13.7 Å². The molecule has 2 aromatic carbocycles. The highest BCUT2D eigenvalue weighted by atomic mass is 35.5. The lowest BCUT2D eigenvalue weighted by Gasteiger charge is -2.10. The lowest BCUT2D eigenvalue weighted by atomic mass is 10.1. The minimum atomic E-state index is 0.266. The summed E-state index contributed by atoms with van der Waals surface area (Å²) in [5.41, 5.74) is 2.15. The van der Waals surface area contributed by atoms with Crippen molar-refractivity contribution in [1.29, 1.82) is 0 Å². The van der Waals surface area contributed by atoms with E-state index in [0.717, 1.165) is 22.1 Å². The van der Waals surface area contributed by atoms with Crippen molar-refractivity contribution < 1.29 is 9.47 Å². The second kappa shape index (κ2) is 5.73. The van der Waals surface area contributed by atoms with E-state index in [1.165, 1.54) is 5.56 Å². The van der Waals surface area contributed by atoms with Crippen LogP contribution in [0.3, 0.4) is 0 Å². The van der Waals surface area contributed by atoms with Crippen LogP contribution in [-0.2, 0) is 6.61 Å². The molecule has 1 heterocycles. The number of ether oxygens (including phenoxy) is 2. The molecule has 0 spiro atoms. The van der Waals surface area contributed by atoms with Crippen molar-refractivity contribution in [2.24, 2.45) is 0 Å². The molecular weight excluding hydrogens is 274 g/mol. The van der Waals surface area contributed by atoms with E-state index in [9.17, 15) is 0 Å². The Balaban J connectivity index is 1.72. The maximum absolute atomic E-state index is 6.11. The van der Waals surface area contributed by atoms with Gasteiger partial charge in [0, 0.05) is 22.2 Å². The Morgan fingerprint density at radius 2 is 2.15 bits per heavy atom. The summed E-state index contributed by atoms with van der Waals surface area (Å²) in [6, 6.07) is 13.9. The van der Waals surface area contributed by atoms with Crippen LogP contribution < -0.4 is 14.8 Å². The summed E-state index contributed by atoms with van der Waals surface area (Å²) in [7, 11) is 1.94. The second-order valence-electron chi connectivity index (χ2n) is 4.73. The van der Waals surface area contributed by atoms with Gasteiger partial charge >= 0.3 is 0 Å². The Morgan fingerprint density at radius 3 is 2.95 bits per heavy atom. The summed E-state index contributed by atoms with van der Waals surface area (Å²) in [6.45, 7) is 1.12. The molecular formula is C16H16ClNO2. The summed E-state index contributed by atoms with van der Waals surface area (Å²) in [6.07, 6.45) is 0. The number of hydrogen-bond acceptors (Lipinski definition) is 3. The van der Waals surface area contributed by atoms with Crippen LogP contribution >= 0.6 is 11.6 Å². The number of halogens is 1. The third kappa shape index (κ3) is 2.60. The van der Waals surface area contributed by atoms with Gasteiger partial charge < -0.3 is 14.8 Å². The normalized spacial score (nSPS) is 16.6. The molecule has 20 heavy (non-hydrogen) atoms. The molecule has 0 radical (unpaired) electrons. The lowest BCUT2D eigenvalue weighted by molar-refractivity contribution is 0.299. The van der Waals surface area contributed by atoms with E-state index in [1.807, 2.05) is 49.5 Å². The van der Waals surface area contributed by atoms with E-state index in [-0.39, 0.29) is 6.04 Å². The Morgan fingerprint density at radius 1 is 1.30 bits per heavy atom. The Labute approximate surface area is 123 Å². The summed E-state index contributed by atoms with van der Waals surface area (Å²) in [5.74, 6) is 1.68. The fourth-order valence-electron chi connectivity index (χ4n) is 2.30. The molecule has 0 saturated heterocycles. The van der Waals surface area contributed by atoms with Crippen LogP contribution in [0, 0.1) is 0 Å². The van der Waals surface area contributed by atoms with E-state index in [4.69, 9.17) is 21.1 Å². The fourth-order valence-corrected chi connectivity index (χ4v) is 2.49. The smallest absolute Gasteiger partial charge is 0.127 e. The maximum atomic E-state index is 6.11. The van der Waals surface area contributed by atoms with Crippen molar-refractivity contribution in [1.82, 2.24) is 5.32 Å². The molecule has 0 fully saturated rings. The van der Waals surface area contributed by atoms with Crippen LogP contribution in [0.15, 0.2) is 42.5 Å². The zero-order valence-electron chi connectivity index (χ0n) is 11.2. The predicted molar refractivity (Wildman–Crippen MR) is 79.5 cm³/mol. The van der Waals surface area contributed by atoms with E-state index >= 15 is 0 Å². The molecule has 0 bridgehead atoms. The Bertz CT molecular complexity index is 615. The second-order valence-corrected chi connectivity index (χ2v) is 5.14. The molecule has 0 aromatic heterocycles. The van der Waals surface area contributed by atoms with Gasteiger partial charge in [-0.1, -0.05) is 29.8 Å². The van der Waals surface area contributed by atoms with Crippen LogP contribution in [0.1, 0.15) is 17.2 Å². The van der Waals surface area contributed by atoms with Crippen molar-refractivity contribution in [3.05, 3.63) is 58.6 Å². The lowest BCUT2D eigenvalue weighted by Crippen LogP contribution is -2.17. The average Bonchev–Trinajstić information content (AvgIpc) is 2.88. The molecule has 4 heteroatoms. The van der Waals surface area contributed by atoms with Gasteiger partial charge in [-0.2, -0.15) is 0 Å². The number of rotatable bonds is 4. The van der Waals surface area contributed by atoms with E-state index in [1.54, 1.807) is 0 Å². The first kappa shape index (κ1) is 13.3. The van der Waals surface area contributed by atoms with Gasteiger partial charge in [0.1, 0.15) is 24.7 Å². The number of fused-ring (bicyclic) bond motifs is 1. The first-order valence-electron chi connectivity index (χ1n) is 6.58. The topological polar surface area (TPSA) is 30.5 Å². The van der Waals surface area contributed by atoms with Crippen LogP contribution in [-0.4, -0.2) is 13.7 Å². The van der Waals surface area contributed by atoms with Crippen LogP contribution in [0.4, 0.5) is 0 Å². The van der Waals surface area contributed by atoms with Gasteiger partial charge in [-0.3, -0.25) is 0 Å². The molecule has 1 unspecified atom stereocenters. The van der Waals surface area contributed by atoms with Gasteiger partial charge in [0.05, 0.1) is 6.04 Å². The summed E-state index contributed by atoms with van der Waals surface area (Å²) in [5, 5.41) is 3.94. The largest absolute Gasteiger partial charge is 0.491 e. The van der Waals surface area contributed by atoms with Crippen LogP contribution in [0.25, 0.3) is 0 Å². The summed E-state index contributed by atoms with van der Waals surface area (Å²) >= 11 is 6.11. The molecule has 3 rings (SSSR count). The maximum Gasteiger partial charge on any atom is 0.127 e. The number of likely N-dealkylation sites (N-methyl/N-ethyl adjacent to an activating group) is 1. The third-order valence-corrected chi connectivity index (χ3v) is 3.84. The van der Waals surface area contributed by atoms with Crippen LogP contribution in [0.5, 0.6) is 11.5 Å². The first-order valence-corrected chi connectivity index (χ1v) is 6.96. The third-order valence-electron chi connectivity index (χ3n) is 3.47. The fraction of sp³-hybridized carbons (Fsp3) is 0.250. The molecule has 0 saturated carbocycles. The molecule has 1 atom stereocenters.